The standard InChI is InChI=1S/C18H23N3O2/c19-11-16(12-6-2-1-3-7-12)21-18(23)14-10-13-8-4-5-9-15(13)20-17(14)22/h4-5,8-10,12,16H,1-3,6-7,11,19H2,(H,20,22)(H,21,23). The summed E-state index contributed by atoms with van der Waals surface area (Å²) in [6.45, 7) is 0.405. The Kier molecular flexibility index (Phi) is 4.76. The molecule has 1 amide bonds. The van der Waals surface area contributed by atoms with Crippen molar-refractivity contribution in [1.29, 1.82) is 0 Å². The van der Waals surface area contributed by atoms with Crippen molar-refractivity contribution >= 4 is 16.8 Å². The average Bonchev–Trinajstić information content (AvgIpc) is 2.59. The van der Waals surface area contributed by atoms with Gasteiger partial charge in [0, 0.05) is 18.1 Å². The van der Waals surface area contributed by atoms with Crippen LogP contribution in [0.1, 0.15) is 42.5 Å². The largest absolute Gasteiger partial charge is 0.348 e. The van der Waals surface area contributed by atoms with E-state index in [4.69, 9.17) is 5.73 Å². The van der Waals surface area contributed by atoms with Gasteiger partial charge in [-0.15, -0.1) is 0 Å². The highest BCUT2D eigenvalue weighted by atomic mass is 16.2. The summed E-state index contributed by atoms with van der Waals surface area (Å²) in [4.78, 5) is 27.5. The Morgan fingerprint density at radius 2 is 2.00 bits per heavy atom. The lowest BCUT2D eigenvalue weighted by molar-refractivity contribution is 0.0914. The number of carbonyl (C=O) groups excluding carboxylic acids is 1. The summed E-state index contributed by atoms with van der Waals surface area (Å²) in [6.07, 6.45) is 5.82. The van der Waals surface area contributed by atoms with E-state index < -0.39 is 0 Å². The SMILES string of the molecule is NCC(NC(=O)c1cc2ccccc2[nH]c1=O)C1CCCCC1. The number of fused-ring (bicyclic) bond motifs is 1. The number of pyridine rings is 1. The highest BCUT2D eigenvalue weighted by molar-refractivity contribution is 5.97. The molecule has 122 valence electrons. The number of aromatic nitrogens is 1. The topological polar surface area (TPSA) is 88.0 Å². The van der Waals surface area contributed by atoms with Crippen LogP contribution in [0.15, 0.2) is 35.1 Å². The molecule has 1 aliphatic carbocycles. The number of rotatable bonds is 4. The first-order valence-electron chi connectivity index (χ1n) is 8.32. The maximum atomic E-state index is 12.5. The van der Waals surface area contributed by atoms with Crippen molar-refractivity contribution in [3.63, 3.8) is 0 Å². The molecule has 4 N–H and O–H groups in total. The maximum Gasteiger partial charge on any atom is 0.261 e. The summed E-state index contributed by atoms with van der Waals surface area (Å²) < 4.78 is 0. The van der Waals surface area contributed by atoms with Gasteiger partial charge in [-0.25, -0.2) is 0 Å². The monoisotopic (exact) mass is 313 g/mol. The van der Waals surface area contributed by atoms with Gasteiger partial charge in [0.1, 0.15) is 5.56 Å². The number of para-hydroxylation sites is 1. The number of aromatic amines is 1. The van der Waals surface area contributed by atoms with E-state index >= 15 is 0 Å². The van der Waals surface area contributed by atoms with Gasteiger partial charge in [-0.05, 0) is 36.3 Å². The zero-order valence-electron chi connectivity index (χ0n) is 13.2. The molecule has 0 radical (unpaired) electrons. The van der Waals surface area contributed by atoms with E-state index in [2.05, 4.69) is 10.3 Å². The Hall–Kier alpha value is -2.14. The van der Waals surface area contributed by atoms with E-state index in [0.717, 1.165) is 23.7 Å². The van der Waals surface area contributed by atoms with Gasteiger partial charge in [0.05, 0.1) is 0 Å². The first-order chi connectivity index (χ1) is 11.2. The molecule has 0 saturated heterocycles. The van der Waals surface area contributed by atoms with Crippen molar-refractivity contribution < 1.29 is 4.79 Å². The van der Waals surface area contributed by atoms with Crippen molar-refractivity contribution in [2.24, 2.45) is 11.7 Å². The lowest BCUT2D eigenvalue weighted by Gasteiger charge is -2.30. The van der Waals surface area contributed by atoms with E-state index in [1.807, 2.05) is 24.3 Å². The smallest absolute Gasteiger partial charge is 0.261 e. The highest BCUT2D eigenvalue weighted by Gasteiger charge is 2.25. The summed E-state index contributed by atoms with van der Waals surface area (Å²) in [5.74, 6) is 0.0789. The molecule has 5 heteroatoms. The van der Waals surface area contributed by atoms with Crippen LogP contribution in [0.4, 0.5) is 0 Å². The Bertz CT molecular complexity index is 747. The molecule has 1 saturated carbocycles. The zero-order valence-corrected chi connectivity index (χ0v) is 13.2. The Labute approximate surface area is 135 Å². The fraction of sp³-hybridized carbons (Fsp3) is 0.444. The molecule has 2 aromatic rings. The molecule has 1 aromatic carbocycles. The Balaban J connectivity index is 1.81. The molecular formula is C18H23N3O2. The molecular weight excluding hydrogens is 290 g/mol. The molecule has 1 aromatic heterocycles. The number of carbonyl (C=O) groups is 1. The van der Waals surface area contributed by atoms with Crippen LogP contribution in [0.3, 0.4) is 0 Å². The van der Waals surface area contributed by atoms with Crippen LogP contribution in [0.5, 0.6) is 0 Å². The number of H-pyrrole nitrogens is 1. The quantitative estimate of drug-likeness (QED) is 0.808. The van der Waals surface area contributed by atoms with Gasteiger partial charge in [-0.1, -0.05) is 37.5 Å². The highest BCUT2D eigenvalue weighted by Crippen LogP contribution is 2.26. The second-order valence-electron chi connectivity index (χ2n) is 6.31. The molecule has 0 bridgehead atoms. The zero-order chi connectivity index (χ0) is 16.2. The Morgan fingerprint density at radius 3 is 2.74 bits per heavy atom. The first kappa shape index (κ1) is 15.7. The molecule has 1 aliphatic rings. The molecule has 3 rings (SSSR count). The summed E-state index contributed by atoms with van der Waals surface area (Å²) >= 11 is 0. The van der Waals surface area contributed by atoms with Gasteiger partial charge in [0.2, 0.25) is 0 Å². The molecule has 5 nitrogen and oxygen atoms in total. The van der Waals surface area contributed by atoms with E-state index in [0.29, 0.717) is 12.5 Å². The lowest BCUT2D eigenvalue weighted by atomic mass is 9.84. The molecule has 1 heterocycles. The van der Waals surface area contributed by atoms with Crippen LogP contribution in [0.25, 0.3) is 10.9 Å². The molecule has 0 spiro atoms. The third-order valence-corrected chi connectivity index (χ3v) is 4.79. The number of nitrogens with one attached hydrogen (secondary N) is 2. The predicted octanol–water partition coefficient (Wildman–Crippen LogP) is 2.17. The number of amides is 1. The molecule has 1 fully saturated rings. The molecule has 0 aliphatic heterocycles. The van der Waals surface area contributed by atoms with Gasteiger partial charge in [0.15, 0.2) is 0 Å². The van der Waals surface area contributed by atoms with Crippen molar-refractivity contribution in [2.45, 2.75) is 38.1 Å². The second-order valence-corrected chi connectivity index (χ2v) is 6.31. The minimum absolute atomic E-state index is 0.0614. The summed E-state index contributed by atoms with van der Waals surface area (Å²) in [7, 11) is 0. The van der Waals surface area contributed by atoms with E-state index in [-0.39, 0.29) is 23.1 Å². The van der Waals surface area contributed by atoms with Crippen LogP contribution in [0.2, 0.25) is 0 Å². The summed E-state index contributed by atoms with van der Waals surface area (Å²) in [5, 5.41) is 3.82. The lowest BCUT2D eigenvalue weighted by Crippen LogP contribution is -2.47. The minimum Gasteiger partial charge on any atom is -0.348 e. The molecule has 1 atom stereocenters. The fourth-order valence-corrected chi connectivity index (χ4v) is 3.47. The van der Waals surface area contributed by atoms with Crippen molar-refractivity contribution in [1.82, 2.24) is 10.3 Å². The second kappa shape index (κ2) is 6.96. The number of hydrogen-bond acceptors (Lipinski definition) is 3. The first-order valence-corrected chi connectivity index (χ1v) is 8.32. The van der Waals surface area contributed by atoms with Crippen molar-refractivity contribution in [3.05, 3.63) is 46.2 Å². The van der Waals surface area contributed by atoms with Crippen LogP contribution in [-0.4, -0.2) is 23.5 Å². The fourth-order valence-electron chi connectivity index (χ4n) is 3.47. The van der Waals surface area contributed by atoms with Crippen molar-refractivity contribution in [3.8, 4) is 0 Å². The predicted molar refractivity (Wildman–Crippen MR) is 91.5 cm³/mol. The normalized spacial score (nSPS) is 17.1. The van der Waals surface area contributed by atoms with Crippen LogP contribution >= 0.6 is 0 Å². The maximum absolute atomic E-state index is 12.5. The van der Waals surface area contributed by atoms with Gasteiger partial charge in [0.25, 0.3) is 11.5 Å². The Morgan fingerprint density at radius 1 is 1.26 bits per heavy atom. The van der Waals surface area contributed by atoms with Gasteiger partial charge < -0.3 is 16.0 Å². The van der Waals surface area contributed by atoms with Crippen LogP contribution < -0.4 is 16.6 Å². The van der Waals surface area contributed by atoms with Crippen molar-refractivity contribution in [2.75, 3.05) is 6.54 Å². The van der Waals surface area contributed by atoms with E-state index in [1.165, 1.54) is 19.3 Å². The van der Waals surface area contributed by atoms with Crippen LogP contribution in [-0.2, 0) is 0 Å². The number of nitrogens with two attached hydrogens (primary N) is 1. The average molecular weight is 313 g/mol. The van der Waals surface area contributed by atoms with E-state index in [9.17, 15) is 9.59 Å². The summed E-state index contributed by atoms with van der Waals surface area (Å²) in [6, 6.07) is 9.03. The van der Waals surface area contributed by atoms with Crippen LogP contribution in [0, 0.1) is 5.92 Å². The van der Waals surface area contributed by atoms with Gasteiger partial charge in [-0.3, -0.25) is 9.59 Å². The molecule has 1 unspecified atom stereocenters. The third kappa shape index (κ3) is 3.45. The summed E-state index contributed by atoms with van der Waals surface area (Å²) in [5.41, 5.74) is 6.38. The molecule has 23 heavy (non-hydrogen) atoms. The number of hydrogen-bond donors (Lipinski definition) is 3. The third-order valence-electron chi connectivity index (χ3n) is 4.79. The number of benzene rings is 1. The van der Waals surface area contributed by atoms with E-state index in [1.54, 1.807) is 6.07 Å². The minimum atomic E-state index is -0.361. The van der Waals surface area contributed by atoms with Gasteiger partial charge >= 0.3 is 0 Å². The van der Waals surface area contributed by atoms with Gasteiger partial charge in [-0.2, -0.15) is 0 Å².